The molecule has 19 heavy (non-hydrogen) atoms. The van der Waals surface area contributed by atoms with E-state index in [4.69, 9.17) is 11.6 Å². The van der Waals surface area contributed by atoms with Crippen LogP contribution in [0.15, 0.2) is 11.4 Å². The van der Waals surface area contributed by atoms with Crippen LogP contribution in [0, 0.1) is 23.7 Å². The molecule has 0 amide bonds. The molecule has 0 aliphatic heterocycles. The number of hydrogen-bond donors (Lipinski definition) is 1. The molecule has 104 valence electrons. The molecule has 3 aliphatic carbocycles. The molecular weight excluding hydrogens is 274 g/mol. The normalized spacial score (nSPS) is 41.7. The van der Waals surface area contributed by atoms with E-state index < -0.39 is 0 Å². The smallest absolute Gasteiger partial charge is 0.0931 e. The summed E-state index contributed by atoms with van der Waals surface area (Å²) in [7, 11) is 0. The summed E-state index contributed by atoms with van der Waals surface area (Å²) in [5.74, 6) is 4.14. The number of rotatable bonds is 3. The molecule has 3 saturated carbocycles. The molecule has 4 rings (SSSR count). The van der Waals surface area contributed by atoms with Crippen LogP contribution in [0.25, 0.3) is 0 Å². The highest BCUT2D eigenvalue weighted by molar-refractivity contribution is 7.14. The standard InChI is InChI=1S/C16H22ClNS/c1-9(11-7-16(17)19-8-11)18-15-6-10-5-14(15)13-4-2-3-12(10)13/h7-10,12-15,18H,2-6H2,1H3. The lowest BCUT2D eigenvalue weighted by molar-refractivity contribution is 0.200. The van der Waals surface area contributed by atoms with Gasteiger partial charge in [0.1, 0.15) is 0 Å². The van der Waals surface area contributed by atoms with Gasteiger partial charge in [-0.25, -0.2) is 0 Å². The van der Waals surface area contributed by atoms with Gasteiger partial charge in [-0.1, -0.05) is 18.0 Å². The highest BCUT2D eigenvalue weighted by Crippen LogP contribution is 2.58. The predicted molar refractivity (Wildman–Crippen MR) is 81.7 cm³/mol. The van der Waals surface area contributed by atoms with E-state index >= 15 is 0 Å². The first kappa shape index (κ1) is 12.7. The van der Waals surface area contributed by atoms with E-state index in [0.717, 1.165) is 34.0 Å². The maximum Gasteiger partial charge on any atom is 0.0931 e. The fourth-order valence-electron chi connectivity index (χ4n) is 5.23. The molecule has 0 radical (unpaired) electrons. The molecule has 3 aliphatic rings. The van der Waals surface area contributed by atoms with Crippen molar-refractivity contribution in [1.29, 1.82) is 0 Å². The molecule has 0 spiro atoms. The van der Waals surface area contributed by atoms with E-state index in [-0.39, 0.29) is 0 Å². The Balaban J connectivity index is 1.44. The number of hydrogen-bond acceptors (Lipinski definition) is 2. The molecule has 3 heteroatoms. The third-order valence-electron chi connectivity index (χ3n) is 5.98. The van der Waals surface area contributed by atoms with Crippen LogP contribution < -0.4 is 5.32 Å². The summed E-state index contributed by atoms with van der Waals surface area (Å²) in [6, 6.07) is 3.33. The molecular formula is C16H22ClNS. The lowest BCUT2D eigenvalue weighted by atomic mass is 9.79. The number of fused-ring (bicyclic) bond motifs is 5. The van der Waals surface area contributed by atoms with E-state index in [2.05, 4.69) is 23.7 Å². The lowest BCUT2D eigenvalue weighted by Crippen LogP contribution is -2.40. The Labute approximate surface area is 124 Å². The minimum absolute atomic E-state index is 0.452. The van der Waals surface area contributed by atoms with Gasteiger partial charge in [-0.2, -0.15) is 0 Å². The highest BCUT2D eigenvalue weighted by Gasteiger charge is 2.53. The molecule has 1 heterocycles. The molecule has 1 nitrogen and oxygen atoms in total. The monoisotopic (exact) mass is 295 g/mol. The van der Waals surface area contributed by atoms with E-state index in [1.54, 1.807) is 11.3 Å². The van der Waals surface area contributed by atoms with Gasteiger partial charge in [-0.15, -0.1) is 11.3 Å². The van der Waals surface area contributed by atoms with Crippen LogP contribution in [0.4, 0.5) is 0 Å². The summed E-state index contributed by atoms with van der Waals surface area (Å²) in [6.45, 7) is 2.29. The zero-order valence-electron chi connectivity index (χ0n) is 11.4. The quantitative estimate of drug-likeness (QED) is 0.838. The Bertz CT molecular complexity index is 471. The molecule has 3 fully saturated rings. The van der Waals surface area contributed by atoms with Crippen LogP contribution in [0.3, 0.4) is 0 Å². The van der Waals surface area contributed by atoms with Gasteiger partial charge in [-0.3, -0.25) is 0 Å². The van der Waals surface area contributed by atoms with Gasteiger partial charge in [0, 0.05) is 12.1 Å². The van der Waals surface area contributed by atoms with E-state index in [9.17, 15) is 0 Å². The van der Waals surface area contributed by atoms with Crippen LogP contribution >= 0.6 is 22.9 Å². The summed E-state index contributed by atoms with van der Waals surface area (Å²) < 4.78 is 0.910. The fraction of sp³-hybridized carbons (Fsp3) is 0.750. The van der Waals surface area contributed by atoms with Gasteiger partial charge in [0.15, 0.2) is 0 Å². The summed E-state index contributed by atoms with van der Waals surface area (Å²) >= 11 is 7.69. The Morgan fingerprint density at radius 1 is 1.26 bits per heavy atom. The van der Waals surface area contributed by atoms with Crippen LogP contribution in [0.5, 0.6) is 0 Å². The van der Waals surface area contributed by atoms with Crippen molar-refractivity contribution >= 4 is 22.9 Å². The van der Waals surface area contributed by atoms with Gasteiger partial charge >= 0.3 is 0 Å². The predicted octanol–water partition coefficient (Wildman–Crippen LogP) is 4.88. The first-order chi connectivity index (χ1) is 9.22. The summed E-state index contributed by atoms with van der Waals surface area (Å²) in [6.07, 6.45) is 7.44. The van der Waals surface area contributed by atoms with Gasteiger partial charge in [0.25, 0.3) is 0 Å². The molecule has 6 unspecified atom stereocenters. The Morgan fingerprint density at radius 3 is 2.89 bits per heavy atom. The van der Waals surface area contributed by atoms with Crippen LogP contribution in [-0.2, 0) is 0 Å². The van der Waals surface area contributed by atoms with Crippen molar-refractivity contribution in [3.05, 3.63) is 21.3 Å². The summed E-state index contributed by atoms with van der Waals surface area (Å²) in [5, 5.41) is 6.10. The second kappa shape index (κ2) is 4.75. The SMILES string of the molecule is CC(NC1CC2CC1C1CCCC21)c1csc(Cl)c1. The lowest BCUT2D eigenvalue weighted by Gasteiger charge is -2.34. The van der Waals surface area contributed by atoms with Crippen molar-refractivity contribution in [3.63, 3.8) is 0 Å². The van der Waals surface area contributed by atoms with Crippen molar-refractivity contribution in [2.24, 2.45) is 23.7 Å². The topological polar surface area (TPSA) is 12.0 Å². The average Bonchev–Trinajstić information content (AvgIpc) is 3.08. The second-order valence-electron chi connectivity index (χ2n) is 6.83. The van der Waals surface area contributed by atoms with Crippen molar-refractivity contribution in [1.82, 2.24) is 5.32 Å². The number of thiophene rings is 1. The molecule has 0 saturated heterocycles. The van der Waals surface area contributed by atoms with Gasteiger partial charge in [-0.05, 0) is 73.3 Å². The van der Waals surface area contributed by atoms with Gasteiger partial charge in [0.05, 0.1) is 4.34 Å². The second-order valence-corrected chi connectivity index (χ2v) is 8.38. The van der Waals surface area contributed by atoms with Crippen LogP contribution in [0.1, 0.15) is 50.6 Å². The van der Waals surface area contributed by atoms with Crippen LogP contribution in [0.2, 0.25) is 4.34 Å². The Hall–Kier alpha value is -0.0500. The molecule has 6 atom stereocenters. The third kappa shape index (κ3) is 2.07. The Morgan fingerprint density at radius 2 is 2.11 bits per heavy atom. The van der Waals surface area contributed by atoms with E-state index in [0.29, 0.717) is 6.04 Å². The zero-order valence-corrected chi connectivity index (χ0v) is 13.0. The van der Waals surface area contributed by atoms with Crippen LogP contribution in [-0.4, -0.2) is 6.04 Å². The summed E-state index contributed by atoms with van der Waals surface area (Å²) in [5.41, 5.74) is 1.36. The van der Waals surface area contributed by atoms with E-state index in [1.165, 1.54) is 37.7 Å². The number of nitrogens with one attached hydrogen (secondary N) is 1. The first-order valence-corrected chi connectivity index (χ1v) is 8.98. The molecule has 1 aromatic heterocycles. The fourth-order valence-corrected chi connectivity index (χ4v) is 6.21. The van der Waals surface area contributed by atoms with Gasteiger partial charge < -0.3 is 5.32 Å². The average molecular weight is 296 g/mol. The molecule has 2 bridgehead atoms. The van der Waals surface area contributed by atoms with Crippen molar-refractivity contribution in [2.45, 2.75) is 51.1 Å². The minimum Gasteiger partial charge on any atom is -0.307 e. The largest absolute Gasteiger partial charge is 0.307 e. The van der Waals surface area contributed by atoms with Gasteiger partial charge in [0.2, 0.25) is 0 Å². The Kier molecular flexibility index (Phi) is 3.17. The number of halogens is 1. The first-order valence-electron chi connectivity index (χ1n) is 7.72. The maximum absolute atomic E-state index is 6.05. The molecule has 1 N–H and O–H groups in total. The van der Waals surface area contributed by atoms with E-state index in [1.807, 2.05) is 0 Å². The highest BCUT2D eigenvalue weighted by atomic mass is 35.5. The molecule has 0 aromatic carbocycles. The third-order valence-corrected chi connectivity index (χ3v) is 7.09. The van der Waals surface area contributed by atoms with Crippen molar-refractivity contribution in [2.75, 3.05) is 0 Å². The maximum atomic E-state index is 6.05. The summed E-state index contributed by atoms with van der Waals surface area (Å²) in [4.78, 5) is 0. The van der Waals surface area contributed by atoms with Crippen molar-refractivity contribution < 1.29 is 0 Å². The molecule has 1 aromatic rings. The van der Waals surface area contributed by atoms with Crippen molar-refractivity contribution in [3.8, 4) is 0 Å². The minimum atomic E-state index is 0.452. The zero-order chi connectivity index (χ0) is 13.0.